The molecule has 2 N–H and O–H groups in total. The summed E-state index contributed by atoms with van der Waals surface area (Å²) >= 11 is 3.42. The third-order valence-electron chi connectivity index (χ3n) is 4.61. The Labute approximate surface area is 134 Å². The van der Waals surface area contributed by atoms with Crippen molar-refractivity contribution in [2.75, 3.05) is 13.2 Å². The summed E-state index contributed by atoms with van der Waals surface area (Å²) in [6, 6.07) is 5.45. The summed E-state index contributed by atoms with van der Waals surface area (Å²) in [5, 5.41) is -0.416. The highest BCUT2D eigenvalue weighted by atomic mass is 79.9. The van der Waals surface area contributed by atoms with Crippen LogP contribution in [0.4, 0.5) is 0 Å². The zero-order valence-corrected chi connectivity index (χ0v) is 14.2. The fourth-order valence-electron chi connectivity index (χ4n) is 3.09. The first-order valence-electron chi connectivity index (χ1n) is 7.34. The molecule has 1 heterocycles. The van der Waals surface area contributed by atoms with Crippen LogP contribution in [0.1, 0.15) is 37.7 Å². The molecule has 1 aromatic rings. The third-order valence-corrected chi connectivity index (χ3v) is 7.64. The quantitative estimate of drug-likeness (QED) is 0.883. The van der Waals surface area contributed by atoms with Crippen LogP contribution in [0.2, 0.25) is 0 Å². The van der Waals surface area contributed by atoms with Gasteiger partial charge >= 0.3 is 0 Å². The van der Waals surface area contributed by atoms with Crippen molar-refractivity contribution in [1.29, 1.82) is 0 Å². The fourth-order valence-corrected chi connectivity index (χ4v) is 5.64. The Bertz CT molecular complexity index is 634. The molecule has 2 fully saturated rings. The van der Waals surface area contributed by atoms with E-state index in [1.807, 2.05) is 12.1 Å². The molecule has 0 aromatic heterocycles. The Morgan fingerprint density at radius 1 is 1.19 bits per heavy atom. The molecular formula is C15H20BrNO3S. The van der Waals surface area contributed by atoms with Crippen molar-refractivity contribution in [3.05, 3.63) is 28.2 Å². The topological polar surface area (TPSA) is 69.4 Å². The van der Waals surface area contributed by atoms with Gasteiger partial charge in [0.2, 0.25) is 0 Å². The van der Waals surface area contributed by atoms with Gasteiger partial charge in [0.05, 0.1) is 18.1 Å². The standard InChI is InChI=1S/C15H20BrNO3S/c16-13-8-11(15(17)6-2-1-3-7-15)4-5-14(13)21(18,19)12-9-20-10-12/h4-5,8,12H,1-3,6-7,9-10,17H2. The van der Waals surface area contributed by atoms with Crippen LogP contribution in [-0.4, -0.2) is 26.9 Å². The zero-order valence-electron chi connectivity index (χ0n) is 11.8. The summed E-state index contributed by atoms with van der Waals surface area (Å²) in [7, 11) is -3.31. The van der Waals surface area contributed by atoms with E-state index in [2.05, 4.69) is 15.9 Å². The van der Waals surface area contributed by atoms with E-state index in [4.69, 9.17) is 10.5 Å². The Morgan fingerprint density at radius 3 is 2.38 bits per heavy atom. The van der Waals surface area contributed by atoms with E-state index in [0.717, 1.165) is 31.2 Å². The predicted octanol–water partition coefficient (Wildman–Crippen LogP) is 2.74. The van der Waals surface area contributed by atoms with Gasteiger partial charge in [0.15, 0.2) is 9.84 Å². The Kier molecular flexibility index (Phi) is 4.16. The van der Waals surface area contributed by atoms with Crippen LogP contribution < -0.4 is 5.73 Å². The monoisotopic (exact) mass is 373 g/mol. The number of ether oxygens (including phenoxy) is 1. The van der Waals surface area contributed by atoms with Gasteiger partial charge in [-0.1, -0.05) is 25.3 Å². The van der Waals surface area contributed by atoms with E-state index in [9.17, 15) is 8.42 Å². The molecular weight excluding hydrogens is 354 g/mol. The van der Waals surface area contributed by atoms with E-state index in [-0.39, 0.29) is 18.8 Å². The minimum Gasteiger partial charge on any atom is -0.379 e. The summed E-state index contributed by atoms with van der Waals surface area (Å²) in [5.74, 6) is 0. The fraction of sp³-hybridized carbons (Fsp3) is 0.600. The normalized spacial score (nSPS) is 22.8. The van der Waals surface area contributed by atoms with Crippen LogP contribution in [0.25, 0.3) is 0 Å². The molecule has 1 saturated carbocycles. The molecule has 0 atom stereocenters. The zero-order chi connectivity index (χ0) is 15.1. The number of sulfone groups is 1. The van der Waals surface area contributed by atoms with Gasteiger partial charge in [-0.25, -0.2) is 8.42 Å². The Morgan fingerprint density at radius 2 is 1.86 bits per heavy atom. The number of rotatable bonds is 3. The van der Waals surface area contributed by atoms with Crippen molar-refractivity contribution in [3.63, 3.8) is 0 Å². The van der Waals surface area contributed by atoms with Gasteiger partial charge in [0.1, 0.15) is 5.25 Å². The van der Waals surface area contributed by atoms with E-state index in [0.29, 0.717) is 9.37 Å². The molecule has 0 radical (unpaired) electrons. The van der Waals surface area contributed by atoms with Crippen LogP contribution >= 0.6 is 15.9 Å². The maximum atomic E-state index is 12.5. The molecule has 1 saturated heterocycles. The first-order chi connectivity index (χ1) is 9.93. The molecule has 1 aliphatic heterocycles. The van der Waals surface area contributed by atoms with Gasteiger partial charge in [-0.05, 0) is 46.5 Å². The van der Waals surface area contributed by atoms with E-state index in [1.165, 1.54) is 6.42 Å². The number of hydrogen-bond acceptors (Lipinski definition) is 4. The highest BCUT2D eigenvalue weighted by Crippen LogP contribution is 2.37. The van der Waals surface area contributed by atoms with Crippen molar-refractivity contribution in [3.8, 4) is 0 Å². The van der Waals surface area contributed by atoms with E-state index >= 15 is 0 Å². The second kappa shape index (κ2) is 5.65. The van der Waals surface area contributed by atoms with Crippen molar-refractivity contribution in [1.82, 2.24) is 0 Å². The van der Waals surface area contributed by atoms with Crippen molar-refractivity contribution in [2.45, 2.75) is 47.8 Å². The predicted molar refractivity (Wildman–Crippen MR) is 84.9 cm³/mol. The van der Waals surface area contributed by atoms with Gasteiger partial charge in [-0.3, -0.25) is 0 Å². The molecule has 2 aliphatic rings. The van der Waals surface area contributed by atoms with Gasteiger partial charge in [0.25, 0.3) is 0 Å². The summed E-state index contributed by atoms with van der Waals surface area (Å²) in [5.41, 5.74) is 7.22. The van der Waals surface area contributed by atoms with Crippen LogP contribution in [0.5, 0.6) is 0 Å². The molecule has 6 heteroatoms. The maximum Gasteiger partial charge on any atom is 0.186 e. The first-order valence-corrected chi connectivity index (χ1v) is 9.68. The van der Waals surface area contributed by atoms with Gasteiger partial charge in [-0.15, -0.1) is 0 Å². The lowest BCUT2D eigenvalue weighted by Crippen LogP contribution is -2.41. The molecule has 1 aromatic carbocycles. The molecule has 4 nitrogen and oxygen atoms in total. The summed E-state index contributed by atoms with van der Waals surface area (Å²) in [4.78, 5) is 0.346. The average molecular weight is 374 g/mol. The van der Waals surface area contributed by atoms with Gasteiger partial charge in [0, 0.05) is 10.0 Å². The third kappa shape index (κ3) is 2.79. The molecule has 0 unspecified atom stereocenters. The Hall–Kier alpha value is -0.430. The lowest BCUT2D eigenvalue weighted by atomic mass is 9.77. The molecule has 0 amide bonds. The molecule has 0 spiro atoms. The van der Waals surface area contributed by atoms with Crippen molar-refractivity contribution < 1.29 is 13.2 Å². The SMILES string of the molecule is NC1(c2ccc(S(=O)(=O)C3COC3)c(Br)c2)CCCCC1. The van der Waals surface area contributed by atoms with Crippen molar-refractivity contribution >= 4 is 25.8 Å². The highest BCUT2D eigenvalue weighted by molar-refractivity contribution is 9.10. The highest BCUT2D eigenvalue weighted by Gasteiger charge is 2.36. The van der Waals surface area contributed by atoms with Gasteiger partial charge in [-0.2, -0.15) is 0 Å². The molecule has 116 valence electrons. The van der Waals surface area contributed by atoms with E-state index < -0.39 is 15.1 Å². The number of hydrogen-bond donors (Lipinski definition) is 1. The lowest BCUT2D eigenvalue weighted by Gasteiger charge is -2.34. The molecule has 1 aliphatic carbocycles. The summed E-state index contributed by atoms with van der Waals surface area (Å²) < 4.78 is 30.5. The maximum absolute atomic E-state index is 12.5. The van der Waals surface area contributed by atoms with Crippen LogP contribution in [0.3, 0.4) is 0 Å². The second-order valence-corrected chi connectivity index (χ2v) is 9.12. The van der Waals surface area contributed by atoms with Crippen molar-refractivity contribution in [2.24, 2.45) is 5.73 Å². The molecule has 0 bridgehead atoms. The first kappa shape index (κ1) is 15.5. The average Bonchev–Trinajstić information content (AvgIpc) is 2.36. The minimum atomic E-state index is -3.31. The number of benzene rings is 1. The minimum absolute atomic E-state index is 0.289. The van der Waals surface area contributed by atoms with E-state index in [1.54, 1.807) is 6.07 Å². The summed E-state index contributed by atoms with van der Waals surface area (Å²) in [6.07, 6.45) is 5.42. The largest absolute Gasteiger partial charge is 0.379 e. The van der Waals surface area contributed by atoms with Gasteiger partial charge < -0.3 is 10.5 Å². The molecule has 3 rings (SSSR count). The summed E-state index contributed by atoms with van der Waals surface area (Å²) in [6.45, 7) is 0.578. The molecule has 21 heavy (non-hydrogen) atoms. The number of halogens is 1. The second-order valence-electron chi connectivity index (χ2n) is 6.07. The Balaban J connectivity index is 1.93. The van der Waals surface area contributed by atoms with Crippen LogP contribution in [0, 0.1) is 0 Å². The van der Waals surface area contributed by atoms with Crippen LogP contribution in [0.15, 0.2) is 27.6 Å². The lowest BCUT2D eigenvalue weighted by molar-refractivity contribution is 0.0416. The number of nitrogens with two attached hydrogens (primary N) is 1. The smallest absolute Gasteiger partial charge is 0.186 e. The van der Waals surface area contributed by atoms with Crippen LogP contribution in [-0.2, 0) is 20.1 Å².